The number of carbonyl (C=O) groups excluding carboxylic acids is 1. The van der Waals surface area contributed by atoms with Gasteiger partial charge in [-0.3, -0.25) is 9.78 Å². The highest BCUT2D eigenvalue weighted by Crippen LogP contribution is 2.11. The number of furan rings is 1. The van der Waals surface area contributed by atoms with E-state index in [2.05, 4.69) is 4.98 Å². The van der Waals surface area contributed by atoms with Crippen molar-refractivity contribution < 1.29 is 9.21 Å². The van der Waals surface area contributed by atoms with E-state index in [1.165, 1.54) is 0 Å². The third-order valence-electron chi connectivity index (χ3n) is 2.67. The Morgan fingerprint density at radius 1 is 1.33 bits per heavy atom. The summed E-state index contributed by atoms with van der Waals surface area (Å²) < 4.78 is 5.10. The summed E-state index contributed by atoms with van der Waals surface area (Å²) >= 11 is 0. The molecule has 2 aromatic rings. The van der Waals surface area contributed by atoms with E-state index in [0.29, 0.717) is 6.54 Å². The molecule has 0 saturated heterocycles. The first-order valence-corrected chi connectivity index (χ1v) is 5.66. The highest BCUT2D eigenvalue weighted by atomic mass is 16.4. The van der Waals surface area contributed by atoms with E-state index >= 15 is 0 Å². The summed E-state index contributed by atoms with van der Waals surface area (Å²) in [6.45, 7) is 0.615. The van der Waals surface area contributed by atoms with E-state index in [1.54, 1.807) is 36.5 Å². The van der Waals surface area contributed by atoms with Crippen molar-refractivity contribution in [1.82, 2.24) is 9.88 Å². The fraction of sp³-hybridized carbons (Fsp3) is 0.231. The highest BCUT2D eigenvalue weighted by molar-refractivity contribution is 5.91. The topological polar surface area (TPSA) is 72.4 Å². The van der Waals surface area contributed by atoms with Crippen LogP contribution in [0.2, 0.25) is 0 Å². The molecule has 0 unspecified atom stereocenters. The SMILES string of the molecule is CN(CCc1ccncc1)C(=O)c1ccc(N)o1. The van der Waals surface area contributed by atoms with Crippen LogP contribution in [0.25, 0.3) is 0 Å². The number of nitrogens with zero attached hydrogens (tertiary/aromatic N) is 2. The molecule has 0 spiro atoms. The lowest BCUT2D eigenvalue weighted by molar-refractivity contribution is 0.0766. The van der Waals surface area contributed by atoms with E-state index < -0.39 is 0 Å². The minimum Gasteiger partial charge on any atom is -0.436 e. The van der Waals surface area contributed by atoms with E-state index in [1.807, 2.05) is 12.1 Å². The molecule has 5 heteroatoms. The molecule has 0 aliphatic heterocycles. The molecule has 2 heterocycles. The molecule has 0 aromatic carbocycles. The Labute approximate surface area is 105 Å². The van der Waals surface area contributed by atoms with Gasteiger partial charge in [0.2, 0.25) is 0 Å². The Bertz CT molecular complexity index is 522. The van der Waals surface area contributed by atoms with Crippen molar-refractivity contribution in [2.75, 3.05) is 19.3 Å². The zero-order chi connectivity index (χ0) is 13.0. The zero-order valence-corrected chi connectivity index (χ0v) is 10.2. The van der Waals surface area contributed by atoms with Crippen LogP contribution in [0.15, 0.2) is 41.1 Å². The first kappa shape index (κ1) is 12.2. The van der Waals surface area contributed by atoms with Gasteiger partial charge in [-0.1, -0.05) is 0 Å². The van der Waals surface area contributed by atoms with Gasteiger partial charge >= 0.3 is 0 Å². The molecule has 0 aliphatic rings. The number of carbonyl (C=O) groups is 1. The number of anilines is 1. The maximum atomic E-state index is 11.9. The number of nitrogen functional groups attached to an aromatic ring is 1. The second-order valence-corrected chi connectivity index (χ2v) is 4.03. The van der Waals surface area contributed by atoms with Crippen molar-refractivity contribution in [3.05, 3.63) is 48.0 Å². The Morgan fingerprint density at radius 3 is 2.67 bits per heavy atom. The third-order valence-corrected chi connectivity index (χ3v) is 2.67. The third kappa shape index (κ3) is 2.88. The number of hydrogen-bond donors (Lipinski definition) is 1. The molecule has 5 nitrogen and oxygen atoms in total. The smallest absolute Gasteiger partial charge is 0.289 e. The van der Waals surface area contributed by atoms with Crippen LogP contribution in [-0.2, 0) is 6.42 Å². The van der Waals surface area contributed by atoms with E-state index in [0.717, 1.165) is 12.0 Å². The number of aromatic nitrogens is 1. The Balaban J connectivity index is 1.92. The molecule has 0 bridgehead atoms. The molecule has 0 aliphatic carbocycles. The van der Waals surface area contributed by atoms with Gasteiger partial charge in [0.05, 0.1) is 0 Å². The molecule has 2 N–H and O–H groups in total. The van der Waals surface area contributed by atoms with Gasteiger partial charge in [-0.05, 0) is 30.2 Å². The molecule has 0 radical (unpaired) electrons. The minimum absolute atomic E-state index is 0.166. The molecule has 18 heavy (non-hydrogen) atoms. The first-order valence-electron chi connectivity index (χ1n) is 5.66. The van der Waals surface area contributed by atoms with E-state index in [9.17, 15) is 4.79 Å². The second kappa shape index (κ2) is 5.35. The van der Waals surface area contributed by atoms with Crippen molar-refractivity contribution in [1.29, 1.82) is 0 Å². The predicted octanol–water partition coefficient (Wildman–Crippen LogP) is 1.57. The van der Waals surface area contributed by atoms with Crippen molar-refractivity contribution in [3.63, 3.8) is 0 Å². The first-order chi connectivity index (χ1) is 8.66. The Morgan fingerprint density at radius 2 is 2.06 bits per heavy atom. The average Bonchev–Trinajstić information content (AvgIpc) is 2.83. The summed E-state index contributed by atoms with van der Waals surface area (Å²) in [5.41, 5.74) is 6.58. The van der Waals surface area contributed by atoms with Gasteiger partial charge < -0.3 is 15.1 Å². The summed E-state index contributed by atoms with van der Waals surface area (Å²) in [6.07, 6.45) is 4.26. The van der Waals surface area contributed by atoms with Crippen LogP contribution in [0.1, 0.15) is 16.1 Å². The minimum atomic E-state index is -0.166. The number of rotatable bonds is 4. The van der Waals surface area contributed by atoms with Crippen LogP contribution in [0.5, 0.6) is 0 Å². The highest BCUT2D eigenvalue weighted by Gasteiger charge is 2.15. The van der Waals surface area contributed by atoms with Crippen molar-refractivity contribution in [2.45, 2.75) is 6.42 Å². The molecule has 94 valence electrons. The normalized spacial score (nSPS) is 10.3. The largest absolute Gasteiger partial charge is 0.436 e. The van der Waals surface area contributed by atoms with Gasteiger partial charge in [-0.15, -0.1) is 0 Å². The lowest BCUT2D eigenvalue weighted by atomic mass is 10.2. The Hall–Kier alpha value is -2.30. The summed E-state index contributed by atoms with van der Waals surface area (Å²) in [7, 11) is 1.74. The van der Waals surface area contributed by atoms with E-state index in [-0.39, 0.29) is 17.6 Å². The summed E-state index contributed by atoms with van der Waals surface area (Å²) in [4.78, 5) is 17.5. The van der Waals surface area contributed by atoms with Crippen LogP contribution >= 0.6 is 0 Å². The molecule has 1 amide bonds. The van der Waals surface area contributed by atoms with Gasteiger partial charge in [0.1, 0.15) is 0 Å². The number of likely N-dealkylation sites (N-methyl/N-ethyl adjacent to an activating group) is 1. The van der Waals surface area contributed by atoms with Crippen LogP contribution in [0, 0.1) is 0 Å². The van der Waals surface area contributed by atoms with Gasteiger partial charge in [0.25, 0.3) is 5.91 Å². The van der Waals surface area contributed by atoms with Crippen LogP contribution in [0.3, 0.4) is 0 Å². The zero-order valence-electron chi connectivity index (χ0n) is 10.2. The van der Waals surface area contributed by atoms with Crippen LogP contribution in [0.4, 0.5) is 5.88 Å². The van der Waals surface area contributed by atoms with Crippen LogP contribution in [-0.4, -0.2) is 29.4 Å². The van der Waals surface area contributed by atoms with Crippen LogP contribution < -0.4 is 5.73 Å². The molecule has 0 atom stereocenters. The fourth-order valence-corrected chi connectivity index (χ4v) is 1.60. The number of hydrogen-bond acceptors (Lipinski definition) is 4. The van der Waals surface area contributed by atoms with Crippen molar-refractivity contribution >= 4 is 11.8 Å². The predicted molar refractivity (Wildman–Crippen MR) is 68.0 cm³/mol. The maximum Gasteiger partial charge on any atom is 0.289 e. The monoisotopic (exact) mass is 245 g/mol. The molecule has 0 saturated carbocycles. The van der Waals surface area contributed by atoms with Gasteiger partial charge in [-0.2, -0.15) is 0 Å². The van der Waals surface area contributed by atoms with Crippen molar-refractivity contribution in [3.8, 4) is 0 Å². The van der Waals surface area contributed by atoms with Crippen molar-refractivity contribution in [2.24, 2.45) is 0 Å². The fourth-order valence-electron chi connectivity index (χ4n) is 1.60. The molecule has 2 aromatic heterocycles. The average molecular weight is 245 g/mol. The molecule has 0 fully saturated rings. The number of amides is 1. The number of nitrogens with two attached hydrogens (primary N) is 1. The summed E-state index contributed by atoms with van der Waals surface area (Å²) in [5, 5.41) is 0. The quantitative estimate of drug-likeness (QED) is 0.887. The lowest BCUT2D eigenvalue weighted by Gasteiger charge is -2.15. The van der Waals surface area contributed by atoms with Gasteiger partial charge in [0.15, 0.2) is 11.6 Å². The number of pyridine rings is 1. The molecular formula is C13H15N3O2. The Kier molecular flexibility index (Phi) is 3.62. The lowest BCUT2D eigenvalue weighted by Crippen LogP contribution is -2.28. The summed E-state index contributed by atoms with van der Waals surface area (Å²) in [5.74, 6) is 0.353. The molecule has 2 rings (SSSR count). The summed E-state index contributed by atoms with van der Waals surface area (Å²) in [6, 6.07) is 7.02. The van der Waals surface area contributed by atoms with Gasteiger partial charge in [-0.25, -0.2) is 0 Å². The second-order valence-electron chi connectivity index (χ2n) is 4.03. The maximum absolute atomic E-state index is 11.9. The van der Waals surface area contributed by atoms with E-state index in [4.69, 9.17) is 10.2 Å². The molecular weight excluding hydrogens is 230 g/mol. The van der Waals surface area contributed by atoms with Gasteiger partial charge in [0, 0.05) is 32.1 Å². The standard InChI is InChI=1S/C13H15N3O2/c1-16(9-6-10-4-7-15-8-5-10)13(17)11-2-3-12(14)18-11/h2-5,7-8H,6,9,14H2,1H3.